The third kappa shape index (κ3) is 6.29. The molecule has 1 amide bonds. The van der Waals surface area contributed by atoms with Crippen LogP contribution in [0.4, 0.5) is 5.69 Å². The highest BCUT2D eigenvalue weighted by Crippen LogP contribution is 2.18. The smallest absolute Gasteiger partial charge is 0.308 e. The van der Waals surface area contributed by atoms with Gasteiger partial charge in [0.25, 0.3) is 0 Å². The molecule has 0 aliphatic carbocycles. The van der Waals surface area contributed by atoms with E-state index in [9.17, 15) is 14.7 Å². The third-order valence-electron chi connectivity index (χ3n) is 4.49. The first-order valence-electron chi connectivity index (χ1n) is 8.74. The Kier molecular flexibility index (Phi) is 7.83. The average Bonchev–Trinajstić information content (AvgIpc) is 2.63. The van der Waals surface area contributed by atoms with Gasteiger partial charge in [-0.15, -0.1) is 0 Å². The number of aliphatic carboxylic acids is 1. The van der Waals surface area contributed by atoms with Gasteiger partial charge in [-0.3, -0.25) is 19.4 Å². The number of methoxy groups -OCH3 is 1. The molecule has 8 nitrogen and oxygen atoms in total. The van der Waals surface area contributed by atoms with Gasteiger partial charge in [-0.25, -0.2) is 0 Å². The summed E-state index contributed by atoms with van der Waals surface area (Å²) in [7, 11) is 1.54. The highest BCUT2D eigenvalue weighted by atomic mass is 16.5. The minimum Gasteiger partial charge on any atom is -0.497 e. The number of piperazine rings is 1. The fraction of sp³-hybridized carbons (Fsp3) is 0.556. The molecule has 1 saturated heterocycles. The van der Waals surface area contributed by atoms with Crippen LogP contribution >= 0.6 is 0 Å². The maximum atomic E-state index is 12.2. The molecule has 26 heavy (non-hydrogen) atoms. The SMILES string of the molecule is COc1cccc(NC(=O)C[C@@H](CN2CCN(CCO)CC2)C(=O)O)c1. The molecule has 0 spiro atoms. The summed E-state index contributed by atoms with van der Waals surface area (Å²) in [5.41, 5.74) is 0.580. The fourth-order valence-electron chi connectivity index (χ4n) is 3.02. The number of aliphatic hydroxyl groups is 1. The van der Waals surface area contributed by atoms with Crippen LogP contribution in [0.3, 0.4) is 0 Å². The van der Waals surface area contributed by atoms with E-state index in [0.717, 1.165) is 26.2 Å². The first kappa shape index (κ1) is 20.2. The molecule has 1 aromatic rings. The van der Waals surface area contributed by atoms with E-state index in [-0.39, 0.29) is 18.9 Å². The van der Waals surface area contributed by atoms with Crippen LogP contribution in [0.25, 0.3) is 0 Å². The second kappa shape index (κ2) is 10.1. The number of β-amino-alcohol motifs (C(OH)–C–C–N with tert-alkyl or cyclic N) is 1. The molecule has 3 N–H and O–H groups in total. The number of amides is 1. The molecule has 1 fully saturated rings. The van der Waals surface area contributed by atoms with E-state index in [4.69, 9.17) is 9.84 Å². The van der Waals surface area contributed by atoms with Gasteiger partial charge in [0.2, 0.25) is 5.91 Å². The molecule has 1 heterocycles. The van der Waals surface area contributed by atoms with E-state index in [1.54, 1.807) is 31.4 Å². The Bertz CT molecular complexity index is 602. The number of anilines is 1. The maximum absolute atomic E-state index is 12.2. The Hall–Kier alpha value is -2.16. The summed E-state index contributed by atoms with van der Waals surface area (Å²) < 4.78 is 5.11. The molecule has 0 radical (unpaired) electrons. The van der Waals surface area contributed by atoms with E-state index in [1.165, 1.54) is 0 Å². The monoisotopic (exact) mass is 365 g/mol. The van der Waals surface area contributed by atoms with Crippen LogP contribution in [-0.4, -0.2) is 84.9 Å². The number of rotatable bonds is 9. The van der Waals surface area contributed by atoms with Crippen molar-refractivity contribution in [3.63, 3.8) is 0 Å². The minimum atomic E-state index is -0.969. The Balaban J connectivity index is 1.85. The average molecular weight is 365 g/mol. The lowest BCUT2D eigenvalue weighted by atomic mass is 10.0. The van der Waals surface area contributed by atoms with Gasteiger partial charge in [-0.1, -0.05) is 6.07 Å². The van der Waals surface area contributed by atoms with Crippen molar-refractivity contribution in [2.45, 2.75) is 6.42 Å². The van der Waals surface area contributed by atoms with E-state index < -0.39 is 11.9 Å². The summed E-state index contributed by atoms with van der Waals surface area (Å²) in [5, 5.41) is 21.2. The number of hydrogen-bond donors (Lipinski definition) is 3. The molecule has 1 aliphatic heterocycles. The molecule has 0 bridgehead atoms. The quantitative estimate of drug-likeness (QED) is 0.580. The number of carbonyl (C=O) groups is 2. The number of aliphatic hydroxyl groups excluding tert-OH is 1. The highest BCUT2D eigenvalue weighted by molar-refractivity contribution is 5.93. The summed E-state index contributed by atoms with van der Waals surface area (Å²) in [5.74, 6) is -1.43. The van der Waals surface area contributed by atoms with Crippen molar-refractivity contribution >= 4 is 17.6 Å². The van der Waals surface area contributed by atoms with Gasteiger partial charge in [0.1, 0.15) is 5.75 Å². The van der Waals surface area contributed by atoms with E-state index >= 15 is 0 Å². The van der Waals surface area contributed by atoms with Crippen molar-refractivity contribution in [3.05, 3.63) is 24.3 Å². The van der Waals surface area contributed by atoms with E-state index in [1.807, 2.05) is 0 Å². The van der Waals surface area contributed by atoms with Gasteiger partial charge < -0.3 is 20.3 Å². The number of carboxylic acids is 1. The van der Waals surface area contributed by atoms with Gasteiger partial charge in [0.15, 0.2) is 0 Å². The van der Waals surface area contributed by atoms with Crippen LogP contribution < -0.4 is 10.1 Å². The molecule has 0 unspecified atom stereocenters. The largest absolute Gasteiger partial charge is 0.497 e. The zero-order valence-electron chi connectivity index (χ0n) is 15.1. The molecule has 144 valence electrons. The number of carboxylic acid groups (broad SMARTS) is 1. The lowest BCUT2D eigenvalue weighted by molar-refractivity contribution is -0.144. The van der Waals surface area contributed by atoms with E-state index in [2.05, 4.69) is 15.1 Å². The van der Waals surface area contributed by atoms with Crippen molar-refractivity contribution in [2.75, 3.05) is 58.3 Å². The Morgan fingerprint density at radius 1 is 1.23 bits per heavy atom. The van der Waals surface area contributed by atoms with Crippen molar-refractivity contribution < 1.29 is 24.5 Å². The third-order valence-corrected chi connectivity index (χ3v) is 4.49. The number of nitrogens with zero attached hydrogens (tertiary/aromatic N) is 2. The van der Waals surface area contributed by atoms with Crippen LogP contribution in [0.5, 0.6) is 5.75 Å². The van der Waals surface area contributed by atoms with E-state index in [0.29, 0.717) is 24.5 Å². The minimum absolute atomic E-state index is 0.0800. The number of ether oxygens (including phenoxy) is 1. The maximum Gasteiger partial charge on any atom is 0.308 e. The Morgan fingerprint density at radius 2 is 1.92 bits per heavy atom. The zero-order chi connectivity index (χ0) is 18.9. The summed E-state index contributed by atoms with van der Waals surface area (Å²) >= 11 is 0. The highest BCUT2D eigenvalue weighted by Gasteiger charge is 2.26. The van der Waals surface area contributed by atoms with Crippen molar-refractivity contribution in [1.29, 1.82) is 0 Å². The van der Waals surface area contributed by atoms with Crippen molar-refractivity contribution in [3.8, 4) is 5.75 Å². The molecule has 2 rings (SSSR count). The predicted octanol–water partition coefficient (Wildman–Crippen LogP) is 0.335. The van der Waals surface area contributed by atoms with Crippen LogP contribution in [0, 0.1) is 5.92 Å². The van der Waals surface area contributed by atoms with Crippen LogP contribution in [0.2, 0.25) is 0 Å². The predicted molar refractivity (Wildman–Crippen MR) is 97.3 cm³/mol. The van der Waals surface area contributed by atoms with Gasteiger partial charge in [-0.05, 0) is 12.1 Å². The summed E-state index contributed by atoms with van der Waals surface area (Å²) in [6.45, 7) is 4.17. The fourth-order valence-corrected chi connectivity index (χ4v) is 3.02. The van der Waals surface area contributed by atoms with Gasteiger partial charge in [-0.2, -0.15) is 0 Å². The lowest BCUT2D eigenvalue weighted by Gasteiger charge is -2.35. The topological polar surface area (TPSA) is 102 Å². The Labute approximate surface area is 153 Å². The molecule has 1 atom stereocenters. The molecule has 8 heteroatoms. The summed E-state index contributed by atoms with van der Waals surface area (Å²) in [4.78, 5) is 28.0. The molecule has 0 saturated carbocycles. The second-order valence-corrected chi connectivity index (χ2v) is 6.39. The number of nitrogens with one attached hydrogen (secondary N) is 1. The van der Waals surface area contributed by atoms with Crippen molar-refractivity contribution in [2.24, 2.45) is 5.92 Å². The number of benzene rings is 1. The summed E-state index contributed by atoms with van der Waals surface area (Å²) in [6.07, 6.45) is -0.0800. The summed E-state index contributed by atoms with van der Waals surface area (Å²) in [6, 6.07) is 6.95. The van der Waals surface area contributed by atoms with Crippen molar-refractivity contribution in [1.82, 2.24) is 9.80 Å². The Morgan fingerprint density at radius 3 is 2.54 bits per heavy atom. The second-order valence-electron chi connectivity index (χ2n) is 6.39. The molecule has 1 aromatic carbocycles. The molecular formula is C18H27N3O5. The first-order chi connectivity index (χ1) is 12.5. The van der Waals surface area contributed by atoms with Gasteiger partial charge in [0.05, 0.1) is 19.6 Å². The zero-order valence-corrected chi connectivity index (χ0v) is 15.1. The number of hydrogen-bond acceptors (Lipinski definition) is 6. The molecular weight excluding hydrogens is 338 g/mol. The van der Waals surface area contributed by atoms with Gasteiger partial charge in [0, 0.05) is 57.4 Å². The van der Waals surface area contributed by atoms with Crippen LogP contribution in [0.15, 0.2) is 24.3 Å². The standard InChI is InChI=1S/C18H27N3O5/c1-26-16-4-2-3-15(12-16)19-17(23)11-14(18(24)25)13-21-7-5-20(6-8-21)9-10-22/h2-4,12,14,22H,5-11,13H2,1H3,(H,19,23)(H,24,25)/t14-/m0/s1. The lowest BCUT2D eigenvalue weighted by Crippen LogP contribution is -2.49. The first-order valence-corrected chi connectivity index (χ1v) is 8.74. The van der Waals surface area contributed by atoms with Crippen LogP contribution in [-0.2, 0) is 9.59 Å². The number of carbonyl (C=O) groups excluding carboxylic acids is 1. The van der Waals surface area contributed by atoms with Crippen LogP contribution in [0.1, 0.15) is 6.42 Å². The van der Waals surface area contributed by atoms with Gasteiger partial charge >= 0.3 is 5.97 Å². The molecule has 0 aromatic heterocycles. The normalized spacial score (nSPS) is 16.8. The molecule has 1 aliphatic rings.